The van der Waals surface area contributed by atoms with E-state index in [9.17, 15) is 9.59 Å². The van der Waals surface area contributed by atoms with Gasteiger partial charge >= 0.3 is 11.7 Å². The summed E-state index contributed by atoms with van der Waals surface area (Å²) in [5.74, 6) is -0.304. The predicted octanol–water partition coefficient (Wildman–Crippen LogP) is 0.233. The van der Waals surface area contributed by atoms with Gasteiger partial charge in [0.1, 0.15) is 0 Å². The van der Waals surface area contributed by atoms with Gasteiger partial charge in [0, 0.05) is 25.5 Å². The first-order chi connectivity index (χ1) is 6.69. The van der Waals surface area contributed by atoms with Gasteiger partial charge in [0.2, 0.25) is 0 Å². The Morgan fingerprint density at radius 2 is 2.07 bits per heavy atom. The van der Waals surface area contributed by atoms with Crippen molar-refractivity contribution < 1.29 is 9.53 Å². The molecule has 0 spiro atoms. The summed E-state index contributed by atoms with van der Waals surface area (Å²) in [6, 6.07) is 0. The molecule has 78 valence electrons. The van der Waals surface area contributed by atoms with Gasteiger partial charge in [-0.3, -0.25) is 13.9 Å². The Kier molecular flexibility index (Phi) is 3.50. The Balaban J connectivity index is 2.64. The molecule has 0 aliphatic rings. The molecule has 5 heteroatoms. The maximum Gasteiger partial charge on any atom is 0.328 e. The summed E-state index contributed by atoms with van der Waals surface area (Å²) in [5.41, 5.74) is -0.0867. The summed E-state index contributed by atoms with van der Waals surface area (Å²) in [7, 11) is 1.34. The van der Waals surface area contributed by atoms with Gasteiger partial charge in [0.15, 0.2) is 0 Å². The maximum absolute atomic E-state index is 11.5. The summed E-state index contributed by atoms with van der Waals surface area (Å²) in [6.07, 6.45) is 3.61. The number of hydrogen-bond acceptors (Lipinski definition) is 3. The number of aryl methyl sites for hydroxylation is 2. The highest BCUT2D eigenvalue weighted by Crippen LogP contribution is 1.91. The summed E-state index contributed by atoms with van der Waals surface area (Å²) < 4.78 is 7.56. The first-order valence-corrected chi connectivity index (χ1v) is 4.51. The van der Waals surface area contributed by atoms with Crippen molar-refractivity contribution in [2.75, 3.05) is 7.11 Å². The second kappa shape index (κ2) is 4.64. The fourth-order valence-corrected chi connectivity index (χ4v) is 1.18. The van der Waals surface area contributed by atoms with Crippen molar-refractivity contribution >= 4 is 5.97 Å². The SMILES string of the molecule is CCn1ccn(CCC(=O)OC)c1=O. The van der Waals surface area contributed by atoms with Crippen LogP contribution in [0.15, 0.2) is 17.2 Å². The summed E-state index contributed by atoms with van der Waals surface area (Å²) in [5, 5.41) is 0. The van der Waals surface area contributed by atoms with Crippen molar-refractivity contribution in [2.45, 2.75) is 26.4 Å². The maximum atomic E-state index is 11.5. The molecule has 1 aromatic heterocycles. The molecule has 0 N–H and O–H groups in total. The van der Waals surface area contributed by atoms with Crippen LogP contribution < -0.4 is 5.69 Å². The number of ether oxygens (including phenoxy) is 1. The number of rotatable bonds is 4. The van der Waals surface area contributed by atoms with Crippen molar-refractivity contribution in [2.24, 2.45) is 0 Å². The molecule has 0 radical (unpaired) electrons. The van der Waals surface area contributed by atoms with Crippen molar-refractivity contribution in [1.29, 1.82) is 0 Å². The molecule has 0 saturated heterocycles. The monoisotopic (exact) mass is 198 g/mol. The minimum absolute atomic E-state index is 0.0867. The number of carbonyl (C=O) groups is 1. The van der Waals surface area contributed by atoms with Crippen LogP contribution in [0.25, 0.3) is 0 Å². The van der Waals surface area contributed by atoms with Gasteiger partial charge in [0.05, 0.1) is 13.5 Å². The second-order valence-electron chi connectivity index (χ2n) is 2.89. The van der Waals surface area contributed by atoms with Crippen LogP contribution in [0.4, 0.5) is 0 Å². The highest BCUT2D eigenvalue weighted by Gasteiger charge is 2.04. The largest absolute Gasteiger partial charge is 0.469 e. The standard InChI is InChI=1S/C9H14N2O3/c1-3-10-6-7-11(9(10)13)5-4-8(12)14-2/h6-7H,3-5H2,1-2H3. The van der Waals surface area contributed by atoms with Crippen LogP contribution in [0, 0.1) is 0 Å². The third-order valence-electron chi connectivity index (χ3n) is 2.04. The van der Waals surface area contributed by atoms with E-state index in [4.69, 9.17) is 0 Å². The summed E-state index contributed by atoms with van der Waals surface area (Å²) in [6.45, 7) is 2.91. The van der Waals surface area contributed by atoms with Gasteiger partial charge in [-0.15, -0.1) is 0 Å². The van der Waals surface area contributed by atoms with Crippen LogP contribution in [0.3, 0.4) is 0 Å². The number of hydrogen-bond donors (Lipinski definition) is 0. The Morgan fingerprint density at radius 1 is 1.43 bits per heavy atom. The van der Waals surface area contributed by atoms with Crippen LogP contribution >= 0.6 is 0 Å². The number of aromatic nitrogens is 2. The lowest BCUT2D eigenvalue weighted by Crippen LogP contribution is -2.24. The van der Waals surface area contributed by atoms with Crippen molar-refractivity contribution in [3.05, 3.63) is 22.9 Å². The summed E-state index contributed by atoms with van der Waals surface area (Å²) >= 11 is 0. The van der Waals surface area contributed by atoms with Crippen LogP contribution in [-0.2, 0) is 22.6 Å². The normalized spacial score (nSPS) is 10.1. The fourth-order valence-electron chi connectivity index (χ4n) is 1.18. The zero-order valence-electron chi connectivity index (χ0n) is 8.40. The van der Waals surface area contributed by atoms with E-state index in [1.54, 1.807) is 17.0 Å². The van der Waals surface area contributed by atoms with E-state index in [1.807, 2.05) is 6.92 Å². The minimum atomic E-state index is -0.304. The smallest absolute Gasteiger partial charge is 0.328 e. The number of esters is 1. The molecule has 1 heterocycles. The molecule has 0 amide bonds. The number of methoxy groups -OCH3 is 1. The van der Waals surface area contributed by atoms with E-state index in [0.717, 1.165) is 0 Å². The molecule has 1 aromatic rings. The van der Waals surface area contributed by atoms with Crippen LogP contribution in [0.1, 0.15) is 13.3 Å². The van der Waals surface area contributed by atoms with Gasteiger partial charge in [-0.25, -0.2) is 4.79 Å². The minimum Gasteiger partial charge on any atom is -0.469 e. The van der Waals surface area contributed by atoms with Gasteiger partial charge in [-0.1, -0.05) is 0 Å². The molecule has 14 heavy (non-hydrogen) atoms. The van der Waals surface area contributed by atoms with Crippen molar-refractivity contribution in [3.63, 3.8) is 0 Å². The number of nitrogens with zero attached hydrogens (tertiary/aromatic N) is 2. The van der Waals surface area contributed by atoms with Crippen LogP contribution in [0.5, 0.6) is 0 Å². The predicted molar refractivity (Wildman–Crippen MR) is 51.0 cm³/mol. The average Bonchev–Trinajstić information content (AvgIpc) is 2.56. The van der Waals surface area contributed by atoms with E-state index < -0.39 is 0 Å². The van der Waals surface area contributed by atoms with Crippen molar-refractivity contribution in [3.8, 4) is 0 Å². The molecular formula is C9H14N2O3. The Morgan fingerprint density at radius 3 is 2.57 bits per heavy atom. The number of imidazole rings is 1. The van der Waals surface area contributed by atoms with Gasteiger partial charge in [-0.2, -0.15) is 0 Å². The second-order valence-corrected chi connectivity index (χ2v) is 2.89. The number of carbonyl (C=O) groups excluding carboxylic acids is 1. The lowest BCUT2D eigenvalue weighted by Gasteiger charge is -1.99. The van der Waals surface area contributed by atoms with Gasteiger partial charge < -0.3 is 4.74 Å². The van der Waals surface area contributed by atoms with E-state index in [1.165, 1.54) is 11.7 Å². The first kappa shape index (κ1) is 10.6. The Hall–Kier alpha value is -1.52. The molecule has 0 saturated carbocycles. The van der Waals surface area contributed by atoms with Crippen molar-refractivity contribution in [1.82, 2.24) is 9.13 Å². The van der Waals surface area contributed by atoms with Gasteiger partial charge in [0.25, 0.3) is 0 Å². The molecule has 5 nitrogen and oxygen atoms in total. The third kappa shape index (κ3) is 2.25. The van der Waals surface area contributed by atoms with E-state index >= 15 is 0 Å². The molecular weight excluding hydrogens is 184 g/mol. The van der Waals surface area contributed by atoms with Gasteiger partial charge in [-0.05, 0) is 6.92 Å². The quantitative estimate of drug-likeness (QED) is 0.651. The molecule has 0 atom stereocenters. The average molecular weight is 198 g/mol. The third-order valence-corrected chi connectivity index (χ3v) is 2.04. The van der Waals surface area contributed by atoms with E-state index in [0.29, 0.717) is 13.1 Å². The topological polar surface area (TPSA) is 53.2 Å². The highest BCUT2D eigenvalue weighted by molar-refractivity contribution is 5.68. The molecule has 0 unspecified atom stereocenters. The van der Waals surface area contributed by atoms with Crippen LogP contribution in [-0.4, -0.2) is 22.2 Å². The fraction of sp³-hybridized carbons (Fsp3) is 0.556. The van der Waals surface area contributed by atoms with Crippen LogP contribution in [0.2, 0.25) is 0 Å². The molecule has 0 bridgehead atoms. The first-order valence-electron chi connectivity index (χ1n) is 4.51. The van der Waals surface area contributed by atoms with E-state index in [2.05, 4.69) is 4.74 Å². The lowest BCUT2D eigenvalue weighted by atomic mass is 10.4. The molecule has 0 aromatic carbocycles. The zero-order chi connectivity index (χ0) is 10.6. The molecule has 0 aliphatic carbocycles. The molecule has 1 rings (SSSR count). The Bertz CT molecular complexity index is 364. The van der Waals surface area contributed by atoms with E-state index in [-0.39, 0.29) is 18.1 Å². The molecule has 0 aliphatic heterocycles. The highest BCUT2D eigenvalue weighted by atomic mass is 16.5. The Labute approximate surface area is 81.9 Å². The molecule has 0 fully saturated rings. The zero-order valence-corrected chi connectivity index (χ0v) is 8.40. The lowest BCUT2D eigenvalue weighted by molar-refractivity contribution is -0.140. The summed E-state index contributed by atoms with van der Waals surface area (Å²) in [4.78, 5) is 22.3.